The molecule has 0 aromatic carbocycles. The van der Waals surface area contributed by atoms with Crippen LogP contribution in [-0.4, -0.2) is 176 Å². The number of hydrogen-bond donors (Lipinski definition) is 13. The van der Waals surface area contributed by atoms with E-state index in [1.54, 1.807) is 13.8 Å². The number of nitrogen functional groups attached to an aromatic ring is 4. The van der Waals surface area contributed by atoms with Crippen molar-refractivity contribution in [1.82, 2.24) is 53.6 Å². The predicted molar refractivity (Wildman–Crippen MR) is 257 cm³/mol. The molecule has 3 aliphatic rings. The molecule has 0 aliphatic carbocycles. The van der Waals surface area contributed by atoms with E-state index in [0.29, 0.717) is 0 Å². The van der Waals surface area contributed by atoms with Gasteiger partial charge in [-0.05, 0) is 13.8 Å². The summed E-state index contributed by atoms with van der Waals surface area (Å²) in [5.74, 6) is -1.12. The third-order valence-corrected chi connectivity index (χ3v) is 17.3. The van der Waals surface area contributed by atoms with Gasteiger partial charge in [0.2, 0.25) is 23.6 Å². The normalized spacial score (nSPS) is 29.6. The minimum atomic E-state index is -6.22. The summed E-state index contributed by atoms with van der Waals surface area (Å²) in [4.78, 5) is 96.5. The second-order valence-corrected chi connectivity index (χ2v) is 23.9. The smallest absolute Gasteiger partial charge is 0.387 e. The molecule has 44 heteroatoms. The highest BCUT2D eigenvalue weighted by Crippen LogP contribution is 2.68. The summed E-state index contributed by atoms with van der Waals surface area (Å²) in [7, 11) is -21.0. The van der Waals surface area contributed by atoms with Crippen LogP contribution in [0.15, 0.2) is 28.6 Å². The molecule has 434 valence electrons. The number of aryl methyl sites for hydroxylation is 1. The van der Waals surface area contributed by atoms with Crippen LogP contribution < -0.4 is 38.6 Å². The number of phosphoric ester groups is 3. The molecule has 9 heterocycles. The number of imidazole rings is 3. The number of methoxy groups -OCH3 is 1. The maximum atomic E-state index is 14.0. The molecule has 40 nitrogen and oxygen atoms in total. The molecule has 0 radical (unpaired) electrons. The lowest BCUT2D eigenvalue weighted by molar-refractivity contribution is -0.745. The van der Waals surface area contributed by atoms with Crippen LogP contribution in [0, 0.1) is 0 Å². The van der Waals surface area contributed by atoms with Crippen LogP contribution in [0.1, 0.15) is 32.5 Å². The molecule has 0 spiro atoms. The van der Waals surface area contributed by atoms with Crippen molar-refractivity contribution in [2.24, 2.45) is 7.05 Å². The molecule has 0 amide bonds. The number of aliphatic hydroxyl groups is 3. The fraction of sp³-hybridized carbons (Fsp3) is 0.571. The fourth-order valence-corrected chi connectivity index (χ4v) is 13.3. The van der Waals surface area contributed by atoms with Gasteiger partial charge in [0.05, 0.1) is 45.6 Å². The van der Waals surface area contributed by atoms with Gasteiger partial charge >= 0.3 is 36.9 Å². The molecule has 16 atom stereocenters. The van der Waals surface area contributed by atoms with Crippen LogP contribution in [0.4, 0.5) is 23.7 Å². The van der Waals surface area contributed by atoms with Crippen molar-refractivity contribution < 1.29 is 108 Å². The van der Waals surface area contributed by atoms with E-state index in [4.69, 9.17) is 64.7 Å². The predicted octanol–water partition coefficient (Wildman–Crippen LogP) is -3.70. The summed E-state index contributed by atoms with van der Waals surface area (Å²) in [6, 6.07) is 0. The number of nitrogens with two attached hydrogens (primary N) is 4. The Hall–Kier alpha value is -5.35. The van der Waals surface area contributed by atoms with Crippen LogP contribution >= 0.6 is 31.3 Å². The van der Waals surface area contributed by atoms with Crippen LogP contribution in [0.5, 0.6) is 0 Å². The van der Waals surface area contributed by atoms with E-state index in [0.717, 1.165) is 28.9 Å². The van der Waals surface area contributed by atoms with Gasteiger partial charge in [0.1, 0.15) is 60.5 Å². The van der Waals surface area contributed by atoms with Crippen LogP contribution in [0.25, 0.3) is 33.5 Å². The maximum absolute atomic E-state index is 14.0. The quantitative estimate of drug-likeness (QED) is 0.0244. The molecule has 17 N–H and O–H groups in total. The molecular formula is C35H51N16O24P4+. The van der Waals surface area contributed by atoms with E-state index < -0.39 is 142 Å². The largest absolute Gasteiger partial charge is 0.490 e. The molecule has 3 saturated heterocycles. The van der Waals surface area contributed by atoms with Gasteiger partial charge in [0, 0.05) is 7.11 Å². The van der Waals surface area contributed by atoms with Crippen molar-refractivity contribution in [2.45, 2.75) is 93.6 Å². The topological polar surface area (TPSA) is 577 Å². The monoisotopic (exact) mass is 1200 g/mol. The average molecular weight is 1200 g/mol. The number of hydrogen-bond acceptors (Lipinski definition) is 30. The van der Waals surface area contributed by atoms with Gasteiger partial charge in [-0.25, -0.2) is 32.8 Å². The van der Waals surface area contributed by atoms with E-state index in [2.05, 4.69) is 48.5 Å². The number of nitrogens with one attached hydrogen (secondary N) is 2. The van der Waals surface area contributed by atoms with Crippen molar-refractivity contribution in [1.29, 1.82) is 0 Å². The number of fused-ring (bicyclic) bond motifs is 3. The number of aromatic amines is 2. The standard InChI is InChI=1S/C35H50N16O24P4/c1-11(2)69-21-13(71-31(20(21)54)49-9-41-16-26(49)44-34(38)46-28(16)55)6-66-76(57,58)73-22-14(72-32(23(22)65-4)50-8-40-15-24(36)42-33(37)43-25(15)50)7-68-78(61,62)75-79(63,64)74-77(59,60)67-5-12-18(52)19(53)30(70-12)51-10-48(3)17-27(51)45-35(39)47-29(17)56/h8-14,18-23,30-32,52-54H,5-7H2,1-4H3,(H13-,36,37,38,39,42,43,44,45,46,47,55,56,57,58,59,60,61,62,63,64)/p+1/t12-,13-,14-,18+,19?,20?,21+,22+,23?,30-,31-,32-/m1/s1. The first kappa shape index (κ1) is 58.3. The number of ether oxygens (including phenoxy) is 5. The van der Waals surface area contributed by atoms with Crippen LogP contribution in [0.2, 0.25) is 0 Å². The first-order valence-corrected chi connectivity index (χ1v) is 28.7. The third-order valence-electron chi connectivity index (χ3n) is 12.0. The number of H-pyrrole nitrogens is 2. The number of anilines is 4. The fourth-order valence-electron chi connectivity index (χ4n) is 8.84. The lowest BCUT2D eigenvalue weighted by Gasteiger charge is -2.27. The molecule has 7 unspecified atom stereocenters. The van der Waals surface area contributed by atoms with E-state index in [1.807, 2.05) is 0 Å². The third kappa shape index (κ3) is 12.0. The molecule has 6 aromatic heterocycles. The summed E-state index contributed by atoms with van der Waals surface area (Å²) in [6.45, 7) is -0.0489. The summed E-state index contributed by atoms with van der Waals surface area (Å²) in [5.41, 5.74) is 21.4. The number of aromatic nitrogens is 12. The zero-order valence-electron chi connectivity index (χ0n) is 41.0. The average Bonchev–Trinajstić information content (AvgIpc) is 4.38. The zero-order chi connectivity index (χ0) is 57.4. The minimum Gasteiger partial charge on any atom is -0.387 e. The summed E-state index contributed by atoms with van der Waals surface area (Å²) in [5, 5.41) is 33.0. The number of nitrogens with zero attached hydrogens (tertiary/aromatic N) is 10. The Labute approximate surface area is 439 Å². The molecule has 9 rings (SSSR count). The molecule has 79 heavy (non-hydrogen) atoms. The summed E-state index contributed by atoms with van der Waals surface area (Å²) < 4.78 is 116. The van der Waals surface area contributed by atoms with Gasteiger partial charge < -0.3 is 81.5 Å². The van der Waals surface area contributed by atoms with E-state index >= 15 is 0 Å². The molecule has 3 aliphatic heterocycles. The Morgan fingerprint density at radius 1 is 0.684 bits per heavy atom. The van der Waals surface area contributed by atoms with Gasteiger partial charge in [-0.15, -0.1) is 0 Å². The number of rotatable bonds is 21. The summed E-state index contributed by atoms with van der Waals surface area (Å²) in [6.07, 6.45) is -16.4. The Bertz CT molecular complexity index is 3600. The first-order valence-electron chi connectivity index (χ1n) is 22.7. The van der Waals surface area contributed by atoms with Crippen molar-refractivity contribution in [3.8, 4) is 0 Å². The second kappa shape index (κ2) is 21.8. The maximum Gasteiger partial charge on any atom is 0.490 e. The first-order chi connectivity index (χ1) is 37.0. The highest BCUT2D eigenvalue weighted by atomic mass is 31.3. The lowest BCUT2D eigenvalue weighted by atomic mass is 10.1. The van der Waals surface area contributed by atoms with Gasteiger partial charge in [-0.2, -0.15) is 23.6 Å². The Morgan fingerprint density at radius 2 is 1.24 bits per heavy atom. The number of aliphatic hydroxyl groups excluding tert-OH is 3. The van der Waals surface area contributed by atoms with Gasteiger partial charge in [-0.1, -0.05) is 4.98 Å². The number of phosphoric acid groups is 4. The minimum absolute atomic E-state index is 0.0147. The lowest BCUT2D eigenvalue weighted by Crippen LogP contribution is -2.46. The SMILES string of the molecule is COC1[C@@H](OP(=O)(O)OC[C@H]2O[C@@H](n3cnc4c(=O)[nH]c(N)nc43)C(O)[C@H]2OC(C)C)[C@@H](COP(=O)(O)OP(=O)(O)OP(=O)(O)OC[C@H]2O[C@@H]([n+]3cn(C)c4c(=O)[nH]c(N)nc43)C(O)[C@H]2O)O[C@H]1n1cnc2c(N)nc(N)nc21. The van der Waals surface area contributed by atoms with Crippen LogP contribution in [-0.2, 0) is 75.7 Å². The zero-order valence-corrected chi connectivity index (χ0v) is 44.6. The molecule has 6 aromatic rings. The van der Waals surface area contributed by atoms with E-state index in [9.17, 15) is 62.7 Å². The molecule has 0 bridgehead atoms. The van der Waals surface area contributed by atoms with Gasteiger partial charge in [-0.3, -0.25) is 51.4 Å². The van der Waals surface area contributed by atoms with Crippen LogP contribution in [0.3, 0.4) is 0 Å². The molecule has 3 fully saturated rings. The molecule has 0 saturated carbocycles. The van der Waals surface area contributed by atoms with Crippen molar-refractivity contribution >= 4 is 88.4 Å². The Balaban J connectivity index is 0.886. The van der Waals surface area contributed by atoms with Crippen molar-refractivity contribution in [2.75, 3.05) is 49.9 Å². The highest BCUT2D eigenvalue weighted by Gasteiger charge is 2.54. The van der Waals surface area contributed by atoms with E-state index in [-0.39, 0.29) is 57.2 Å². The second-order valence-electron chi connectivity index (χ2n) is 17.8. The van der Waals surface area contributed by atoms with Crippen molar-refractivity contribution in [3.63, 3.8) is 0 Å². The van der Waals surface area contributed by atoms with Gasteiger partial charge in [0.25, 0.3) is 17.1 Å². The Morgan fingerprint density at radius 3 is 1.89 bits per heavy atom. The summed E-state index contributed by atoms with van der Waals surface area (Å²) >= 11 is 0. The van der Waals surface area contributed by atoms with E-state index in [1.165, 1.54) is 22.5 Å². The Kier molecular flexibility index (Phi) is 16.1. The van der Waals surface area contributed by atoms with Gasteiger partial charge in [0.15, 0.2) is 41.4 Å². The highest BCUT2D eigenvalue weighted by molar-refractivity contribution is 7.66. The van der Waals surface area contributed by atoms with Crippen molar-refractivity contribution in [3.05, 3.63) is 39.7 Å². The molecular weight excluding hydrogens is 1150 g/mol.